The Hall–Kier alpha value is -2.78. The summed E-state index contributed by atoms with van der Waals surface area (Å²) in [4.78, 5) is 5.35. The van der Waals surface area contributed by atoms with Crippen LogP contribution in [0.1, 0.15) is 50.3 Å². The van der Waals surface area contributed by atoms with Gasteiger partial charge in [-0.05, 0) is 75.1 Å². The van der Waals surface area contributed by atoms with Gasteiger partial charge in [-0.15, -0.1) is 0 Å². The van der Waals surface area contributed by atoms with E-state index in [1.807, 2.05) is 55.5 Å². The van der Waals surface area contributed by atoms with Crippen molar-refractivity contribution in [3.63, 3.8) is 0 Å². The molecule has 3 aromatic carbocycles. The van der Waals surface area contributed by atoms with Gasteiger partial charge in [-0.1, -0.05) is 47.5 Å². The molecular formula is C30H33Cl2N3O4S. The van der Waals surface area contributed by atoms with Gasteiger partial charge in [0.25, 0.3) is 0 Å². The van der Waals surface area contributed by atoms with E-state index in [4.69, 9.17) is 37.7 Å². The molecule has 0 spiro atoms. The van der Waals surface area contributed by atoms with Gasteiger partial charge in [-0.2, -0.15) is 4.31 Å². The molecule has 5 rings (SSSR count). The van der Waals surface area contributed by atoms with Gasteiger partial charge >= 0.3 is 0 Å². The van der Waals surface area contributed by atoms with Crippen LogP contribution in [-0.4, -0.2) is 45.4 Å². The Morgan fingerprint density at radius 2 is 1.50 bits per heavy atom. The van der Waals surface area contributed by atoms with Crippen LogP contribution in [0.4, 0.5) is 0 Å². The third-order valence-corrected chi connectivity index (χ3v) is 10.4. The fourth-order valence-electron chi connectivity index (χ4n) is 5.54. The molecule has 1 saturated heterocycles. The average Bonchev–Trinajstić information content (AvgIpc) is 3.58. The van der Waals surface area contributed by atoms with Crippen molar-refractivity contribution in [2.24, 2.45) is 4.99 Å². The summed E-state index contributed by atoms with van der Waals surface area (Å²) in [5.74, 6) is 1.22. The van der Waals surface area contributed by atoms with Crippen LogP contribution in [0.25, 0.3) is 0 Å². The molecular weight excluding hydrogens is 569 g/mol. The third kappa shape index (κ3) is 4.85. The minimum atomic E-state index is -3.80. The maximum absolute atomic E-state index is 13.7. The molecule has 2 heterocycles. The lowest BCUT2D eigenvalue weighted by atomic mass is 9.72. The highest BCUT2D eigenvalue weighted by molar-refractivity contribution is 7.89. The number of rotatable bonds is 8. The van der Waals surface area contributed by atoms with E-state index in [1.165, 1.54) is 11.4 Å². The van der Waals surface area contributed by atoms with E-state index in [9.17, 15) is 8.42 Å². The summed E-state index contributed by atoms with van der Waals surface area (Å²) in [7, 11) is -2.33. The third-order valence-electron chi connectivity index (χ3n) is 8.01. The number of nitrogens with zero attached hydrogens (tertiary/aromatic N) is 2. The topological polar surface area (TPSA) is 80.2 Å². The number of hydrogen-bond acceptors (Lipinski definition) is 6. The average molecular weight is 603 g/mol. The SMILES string of the molecule is CCOc1cc(OC)c(S(=O)(=O)N2CCCC2)cc1C1=N[C@@](C)(c2ccc(Cl)cc2)[C@](C)(c2ccc(Cl)cc2)N1. The normalized spacial score (nSPS) is 23.1. The largest absolute Gasteiger partial charge is 0.495 e. The zero-order chi connectivity index (χ0) is 28.7. The first kappa shape index (κ1) is 28.7. The number of hydrogen-bond donors (Lipinski definition) is 1. The molecule has 7 nitrogen and oxygen atoms in total. The first-order chi connectivity index (χ1) is 19.0. The number of sulfonamides is 1. The van der Waals surface area contributed by atoms with Crippen molar-refractivity contribution in [1.29, 1.82) is 0 Å². The molecule has 2 atom stereocenters. The maximum Gasteiger partial charge on any atom is 0.246 e. The monoisotopic (exact) mass is 601 g/mol. The highest BCUT2D eigenvalue weighted by atomic mass is 35.5. The molecule has 0 bridgehead atoms. The first-order valence-corrected chi connectivity index (χ1v) is 15.5. The van der Waals surface area contributed by atoms with Crippen LogP contribution in [0.2, 0.25) is 10.0 Å². The number of ether oxygens (including phenoxy) is 2. The van der Waals surface area contributed by atoms with Crippen LogP contribution in [0.5, 0.6) is 11.5 Å². The Balaban J connectivity index is 1.72. The number of aliphatic imine (C=N–C) groups is 1. The number of halogens is 2. The number of methoxy groups -OCH3 is 1. The molecule has 0 aliphatic carbocycles. The minimum absolute atomic E-state index is 0.0909. The lowest BCUT2D eigenvalue weighted by Crippen LogP contribution is -2.50. The van der Waals surface area contributed by atoms with E-state index >= 15 is 0 Å². The molecule has 0 saturated carbocycles. The smallest absolute Gasteiger partial charge is 0.246 e. The summed E-state index contributed by atoms with van der Waals surface area (Å²) in [5, 5.41) is 4.91. The van der Waals surface area contributed by atoms with Gasteiger partial charge in [-0.25, -0.2) is 8.42 Å². The molecule has 1 fully saturated rings. The number of benzene rings is 3. The van der Waals surface area contributed by atoms with Gasteiger partial charge in [0.2, 0.25) is 10.0 Å². The van der Waals surface area contributed by atoms with Crippen LogP contribution in [0, 0.1) is 0 Å². The minimum Gasteiger partial charge on any atom is -0.495 e. The van der Waals surface area contributed by atoms with Crippen LogP contribution < -0.4 is 14.8 Å². The Kier molecular flexibility index (Phi) is 7.83. The maximum atomic E-state index is 13.7. The molecule has 1 N–H and O–H groups in total. The van der Waals surface area contributed by atoms with Crippen molar-refractivity contribution in [3.8, 4) is 11.5 Å². The Labute approximate surface area is 246 Å². The molecule has 3 aromatic rings. The lowest BCUT2D eigenvalue weighted by Gasteiger charge is -2.40. The van der Waals surface area contributed by atoms with Gasteiger partial charge in [0.15, 0.2) is 0 Å². The summed E-state index contributed by atoms with van der Waals surface area (Å²) >= 11 is 12.5. The van der Waals surface area contributed by atoms with Crippen LogP contribution in [0.3, 0.4) is 0 Å². The number of amidine groups is 1. The van der Waals surface area contributed by atoms with Gasteiger partial charge < -0.3 is 14.8 Å². The molecule has 2 aliphatic heterocycles. The highest BCUT2D eigenvalue weighted by Crippen LogP contribution is 2.49. The zero-order valence-corrected chi connectivity index (χ0v) is 25.3. The van der Waals surface area contributed by atoms with E-state index in [0.29, 0.717) is 46.9 Å². The van der Waals surface area contributed by atoms with E-state index < -0.39 is 21.1 Å². The lowest BCUT2D eigenvalue weighted by molar-refractivity contribution is 0.268. The van der Waals surface area contributed by atoms with E-state index in [2.05, 4.69) is 19.2 Å². The molecule has 0 amide bonds. The molecule has 10 heteroatoms. The highest BCUT2D eigenvalue weighted by Gasteiger charge is 2.52. The van der Waals surface area contributed by atoms with Crippen LogP contribution in [0.15, 0.2) is 70.6 Å². The van der Waals surface area contributed by atoms with Crippen LogP contribution >= 0.6 is 23.2 Å². The first-order valence-electron chi connectivity index (χ1n) is 13.3. The second-order valence-corrected chi connectivity index (χ2v) is 13.1. The zero-order valence-electron chi connectivity index (χ0n) is 23.0. The second kappa shape index (κ2) is 10.9. The summed E-state index contributed by atoms with van der Waals surface area (Å²) in [5.41, 5.74) is 0.895. The fourth-order valence-corrected chi connectivity index (χ4v) is 7.48. The molecule has 0 radical (unpaired) electrons. The molecule has 0 aromatic heterocycles. The van der Waals surface area contributed by atoms with Crippen molar-refractivity contribution >= 4 is 39.1 Å². The van der Waals surface area contributed by atoms with Gasteiger partial charge in [0.05, 0.1) is 24.8 Å². The summed E-state index contributed by atoms with van der Waals surface area (Å²) in [6.45, 7) is 7.35. The Bertz CT molecular complexity index is 1540. The summed E-state index contributed by atoms with van der Waals surface area (Å²) < 4.78 is 40.6. The standard InChI is InChI=1S/C30H33Cl2N3O4S/c1-5-39-25-19-26(38-4)27(40(36,37)35-16-6-7-17-35)18-24(25)28-33-29(2,20-8-12-22(31)13-9-20)30(3,34-28)21-10-14-23(32)15-11-21/h8-15,18-19H,5-7,16-17H2,1-4H3,(H,33,34)/t29-,30-/m0/s1. The van der Waals surface area contributed by atoms with Crippen molar-refractivity contribution < 1.29 is 17.9 Å². The van der Waals surface area contributed by atoms with Crippen molar-refractivity contribution in [1.82, 2.24) is 9.62 Å². The summed E-state index contributed by atoms with van der Waals surface area (Å²) in [6.07, 6.45) is 1.66. The number of nitrogens with one attached hydrogen (secondary N) is 1. The summed E-state index contributed by atoms with van der Waals surface area (Å²) in [6, 6.07) is 18.5. The molecule has 40 heavy (non-hydrogen) atoms. The fraction of sp³-hybridized carbons (Fsp3) is 0.367. The quantitative estimate of drug-likeness (QED) is 0.325. The predicted octanol–water partition coefficient (Wildman–Crippen LogP) is 6.37. The van der Waals surface area contributed by atoms with Crippen molar-refractivity contribution in [2.75, 3.05) is 26.8 Å². The Morgan fingerprint density at radius 1 is 0.925 bits per heavy atom. The van der Waals surface area contributed by atoms with Crippen molar-refractivity contribution in [2.45, 2.75) is 49.6 Å². The van der Waals surface area contributed by atoms with Crippen molar-refractivity contribution in [3.05, 3.63) is 87.4 Å². The Morgan fingerprint density at radius 3 is 2.05 bits per heavy atom. The van der Waals surface area contributed by atoms with Crippen LogP contribution in [-0.2, 0) is 21.1 Å². The van der Waals surface area contributed by atoms with Gasteiger partial charge in [0.1, 0.15) is 27.8 Å². The van der Waals surface area contributed by atoms with E-state index in [0.717, 1.165) is 24.0 Å². The molecule has 0 unspecified atom stereocenters. The van der Waals surface area contributed by atoms with E-state index in [-0.39, 0.29) is 10.6 Å². The molecule has 212 valence electrons. The molecule has 2 aliphatic rings. The van der Waals surface area contributed by atoms with Gasteiger partial charge in [-0.3, -0.25) is 4.99 Å². The second-order valence-electron chi connectivity index (χ2n) is 10.3. The predicted molar refractivity (Wildman–Crippen MR) is 159 cm³/mol. The van der Waals surface area contributed by atoms with Gasteiger partial charge in [0, 0.05) is 29.2 Å². The van der Waals surface area contributed by atoms with E-state index in [1.54, 1.807) is 12.1 Å².